The number of hydrogen-bond acceptors (Lipinski definition) is 9. The van der Waals surface area contributed by atoms with Gasteiger partial charge in [0.25, 0.3) is 0 Å². The second-order valence-corrected chi connectivity index (χ2v) is 12.2. The third-order valence-corrected chi connectivity index (χ3v) is 9.02. The molecule has 0 atom stereocenters. The van der Waals surface area contributed by atoms with Crippen molar-refractivity contribution in [3.8, 4) is 0 Å². The van der Waals surface area contributed by atoms with Gasteiger partial charge in [-0.2, -0.15) is 0 Å². The van der Waals surface area contributed by atoms with Crippen LogP contribution in [0.25, 0.3) is 20.4 Å². The molecule has 0 N–H and O–H groups in total. The highest BCUT2D eigenvalue weighted by Crippen LogP contribution is 2.45. The zero-order chi connectivity index (χ0) is 23.4. The van der Waals surface area contributed by atoms with E-state index >= 15 is 0 Å². The lowest BCUT2D eigenvalue weighted by atomic mass is 9.90. The van der Waals surface area contributed by atoms with Crippen LogP contribution < -0.4 is 9.80 Å². The first-order chi connectivity index (χ1) is 16.4. The highest BCUT2D eigenvalue weighted by molar-refractivity contribution is 7.98. The molecule has 0 spiro atoms. The minimum Gasteiger partial charge on any atom is -0.378 e. The molecule has 3 aromatic rings. The molecule has 0 unspecified atom stereocenters. The number of morpholine rings is 1. The normalized spacial score (nSPS) is 21.4. The number of thioether (sulfide) groups is 1. The van der Waals surface area contributed by atoms with Crippen molar-refractivity contribution in [3.63, 3.8) is 0 Å². The van der Waals surface area contributed by atoms with Gasteiger partial charge in [0.05, 0.1) is 35.6 Å². The Labute approximate surface area is 209 Å². The Kier molecular flexibility index (Phi) is 5.87. The maximum Gasteiger partial charge on any atom is 0.189 e. The number of aromatic nitrogens is 3. The van der Waals surface area contributed by atoms with E-state index in [1.54, 1.807) is 23.1 Å². The number of hydrogen-bond donors (Lipinski definition) is 0. The van der Waals surface area contributed by atoms with Gasteiger partial charge in [-0.3, -0.25) is 0 Å². The average molecular weight is 500 g/mol. The van der Waals surface area contributed by atoms with Crippen LogP contribution in [0.2, 0.25) is 0 Å². The molecule has 0 amide bonds. The summed E-state index contributed by atoms with van der Waals surface area (Å²) in [4.78, 5) is 21.3. The zero-order valence-electron chi connectivity index (χ0n) is 20.5. The molecule has 0 bridgehead atoms. The van der Waals surface area contributed by atoms with Gasteiger partial charge in [0.15, 0.2) is 11.0 Å². The molecular formula is C25H33N5O2S2. The summed E-state index contributed by atoms with van der Waals surface area (Å²) in [5.74, 6) is 2.94. The molecule has 7 nitrogen and oxygen atoms in total. The number of ether oxygens (including phenoxy) is 2. The Balaban J connectivity index is 1.59. The van der Waals surface area contributed by atoms with E-state index in [2.05, 4.69) is 36.8 Å². The SMILES string of the molecule is CSc1nc(N2CCC(C)CC2)c2sc3nc(N4CCOCC4)c4c(c3c2n1)CC(C)(C)OC4. The van der Waals surface area contributed by atoms with E-state index in [9.17, 15) is 0 Å². The summed E-state index contributed by atoms with van der Waals surface area (Å²) in [6, 6.07) is 0. The molecule has 6 rings (SSSR count). The Bertz CT molecular complexity index is 1230. The number of fused-ring (bicyclic) bond motifs is 5. The van der Waals surface area contributed by atoms with E-state index in [-0.39, 0.29) is 5.60 Å². The molecular weight excluding hydrogens is 466 g/mol. The van der Waals surface area contributed by atoms with Crippen molar-refractivity contribution in [2.75, 3.05) is 55.4 Å². The standard InChI is InChI=1S/C25H33N5O2S2/c1-15-5-7-29(8-6-15)22-20-19(26-24(28-22)33-4)18-16-13-25(2,3)32-14-17(16)21(27-23(18)34-20)30-9-11-31-12-10-30/h15H,5-14H2,1-4H3. The molecule has 3 aromatic heterocycles. The molecule has 3 aliphatic heterocycles. The van der Waals surface area contributed by atoms with Crippen molar-refractivity contribution in [2.45, 2.75) is 57.4 Å². The predicted octanol–water partition coefficient (Wildman–Crippen LogP) is 4.89. The van der Waals surface area contributed by atoms with Crippen molar-refractivity contribution >= 4 is 55.2 Å². The fourth-order valence-electron chi connectivity index (χ4n) is 5.39. The number of pyridine rings is 1. The van der Waals surface area contributed by atoms with Crippen LogP contribution in [0.15, 0.2) is 5.16 Å². The van der Waals surface area contributed by atoms with Crippen LogP contribution in [0, 0.1) is 5.92 Å². The van der Waals surface area contributed by atoms with Gasteiger partial charge in [0.2, 0.25) is 0 Å². The number of thiophene rings is 1. The number of anilines is 2. The smallest absolute Gasteiger partial charge is 0.189 e. The van der Waals surface area contributed by atoms with Gasteiger partial charge in [0, 0.05) is 43.5 Å². The molecule has 6 heterocycles. The van der Waals surface area contributed by atoms with E-state index in [1.165, 1.54) is 34.1 Å². The maximum absolute atomic E-state index is 6.30. The summed E-state index contributed by atoms with van der Waals surface area (Å²) in [5.41, 5.74) is 3.45. The first-order valence-corrected chi connectivity index (χ1v) is 14.4. The van der Waals surface area contributed by atoms with Crippen LogP contribution in [0.3, 0.4) is 0 Å². The van der Waals surface area contributed by atoms with E-state index in [0.29, 0.717) is 6.61 Å². The molecule has 0 saturated carbocycles. The fourth-order valence-corrected chi connectivity index (χ4v) is 6.90. The topological polar surface area (TPSA) is 63.6 Å². The lowest BCUT2D eigenvalue weighted by molar-refractivity contribution is -0.0396. The summed E-state index contributed by atoms with van der Waals surface area (Å²) in [6.45, 7) is 12.7. The Morgan fingerprint density at radius 1 is 0.971 bits per heavy atom. The predicted molar refractivity (Wildman–Crippen MR) is 141 cm³/mol. The summed E-state index contributed by atoms with van der Waals surface area (Å²) in [5, 5.41) is 2.06. The molecule has 182 valence electrons. The molecule has 3 aliphatic rings. The zero-order valence-corrected chi connectivity index (χ0v) is 22.2. The lowest BCUT2D eigenvalue weighted by Gasteiger charge is -2.36. The van der Waals surface area contributed by atoms with Crippen LogP contribution >= 0.6 is 23.1 Å². The second-order valence-electron chi connectivity index (χ2n) is 10.4. The van der Waals surface area contributed by atoms with E-state index in [1.807, 2.05) is 0 Å². The minimum absolute atomic E-state index is 0.209. The van der Waals surface area contributed by atoms with Gasteiger partial charge < -0.3 is 19.3 Å². The molecule has 2 saturated heterocycles. The third-order valence-electron chi connectivity index (χ3n) is 7.41. The molecule has 9 heteroatoms. The van der Waals surface area contributed by atoms with Crippen LogP contribution in [0.1, 0.15) is 44.7 Å². The van der Waals surface area contributed by atoms with Crippen molar-refractivity contribution in [3.05, 3.63) is 11.1 Å². The van der Waals surface area contributed by atoms with Gasteiger partial charge >= 0.3 is 0 Å². The molecule has 0 aromatic carbocycles. The highest BCUT2D eigenvalue weighted by atomic mass is 32.2. The lowest BCUT2D eigenvalue weighted by Crippen LogP contribution is -2.39. The third kappa shape index (κ3) is 3.94. The molecule has 2 fully saturated rings. The highest BCUT2D eigenvalue weighted by Gasteiger charge is 2.34. The van der Waals surface area contributed by atoms with Crippen LogP contribution in [-0.4, -0.2) is 66.2 Å². The van der Waals surface area contributed by atoms with Gasteiger partial charge in [-0.1, -0.05) is 18.7 Å². The summed E-state index contributed by atoms with van der Waals surface area (Å²) in [6.07, 6.45) is 5.36. The van der Waals surface area contributed by atoms with Crippen LogP contribution in [-0.2, 0) is 22.5 Å². The van der Waals surface area contributed by atoms with Gasteiger partial charge in [-0.25, -0.2) is 15.0 Å². The Morgan fingerprint density at radius 2 is 1.71 bits per heavy atom. The van der Waals surface area contributed by atoms with Crippen molar-refractivity contribution in [1.29, 1.82) is 0 Å². The van der Waals surface area contributed by atoms with Gasteiger partial charge in [-0.05, 0) is 44.4 Å². The van der Waals surface area contributed by atoms with E-state index in [0.717, 1.165) is 78.9 Å². The quantitative estimate of drug-likeness (QED) is 0.373. The van der Waals surface area contributed by atoms with Crippen molar-refractivity contribution < 1.29 is 9.47 Å². The summed E-state index contributed by atoms with van der Waals surface area (Å²) < 4.78 is 13.1. The summed E-state index contributed by atoms with van der Waals surface area (Å²) in [7, 11) is 0. The second kappa shape index (κ2) is 8.76. The summed E-state index contributed by atoms with van der Waals surface area (Å²) >= 11 is 3.39. The first-order valence-electron chi connectivity index (χ1n) is 12.3. The maximum atomic E-state index is 6.30. The average Bonchev–Trinajstić information content (AvgIpc) is 3.22. The van der Waals surface area contributed by atoms with Crippen LogP contribution in [0.5, 0.6) is 0 Å². The number of rotatable bonds is 3. The number of nitrogens with zero attached hydrogens (tertiary/aromatic N) is 5. The molecule has 34 heavy (non-hydrogen) atoms. The van der Waals surface area contributed by atoms with Crippen LogP contribution in [0.4, 0.5) is 11.6 Å². The number of piperidine rings is 1. The molecule has 0 aliphatic carbocycles. The van der Waals surface area contributed by atoms with Crippen molar-refractivity contribution in [1.82, 2.24) is 15.0 Å². The minimum atomic E-state index is -0.209. The van der Waals surface area contributed by atoms with Crippen molar-refractivity contribution in [2.24, 2.45) is 5.92 Å². The molecule has 0 radical (unpaired) electrons. The first kappa shape index (κ1) is 22.8. The van der Waals surface area contributed by atoms with Gasteiger partial charge in [0.1, 0.15) is 10.6 Å². The van der Waals surface area contributed by atoms with E-state index < -0.39 is 0 Å². The fraction of sp³-hybridized carbons (Fsp3) is 0.640. The largest absolute Gasteiger partial charge is 0.378 e. The Morgan fingerprint density at radius 3 is 2.44 bits per heavy atom. The Hall–Kier alpha value is -1.68. The monoisotopic (exact) mass is 499 g/mol. The van der Waals surface area contributed by atoms with E-state index in [4.69, 9.17) is 24.4 Å². The van der Waals surface area contributed by atoms with Gasteiger partial charge in [-0.15, -0.1) is 11.3 Å².